The van der Waals surface area contributed by atoms with Crippen LogP contribution < -0.4 is 10.5 Å². The Bertz CT molecular complexity index is 856. The van der Waals surface area contributed by atoms with Gasteiger partial charge in [0.05, 0.1) is 11.6 Å². The molecule has 25 heavy (non-hydrogen) atoms. The predicted octanol–water partition coefficient (Wildman–Crippen LogP) is 5.82. The molecule has 3 aromatic rings. The molecule has 0 amide bonds. The smallest absolute Gasteiger partial charge is 0.119 e. The van der Waals surface area contributed by atoms with Gasteiger partial charge in [-0.2, -0.15) is 0 Å². The van der Waals surface area contributed by atoms with Gasteiger partial charge in [-0.25, -0.2) is 0 Å². The summed E-state index contributed by atoms with van der Waals surface area (Å²) in [6, 6.07) is 11.8. The van der Waals surface area contributed by atoms with Crippen LogP contribution in [0, 0.1) is 0 Å². The summed E-state index contributed by atoms with van der Waals surface area (Å²) < 4.78 is 5.54. The van der Waals surface area contributed by atoms with E-state index in [1.807, 2.05) is 25.1 Å². The van der Waals surface area contributed by atoms with Crippen molar-refractivity contribution in [3.8, 4) is 17.0 Å². The van der Waals surface area contributed by atoms with Gasteiger partial charge in [-0.3, -0.25) is 0 Å². The fourth-order valence-corrected chi connectivity index (χ4v) is 3.75. The second-order valence-corrected chi connectivity index (χ2v) is 6.84. The third-order valence-electron chi connectivity index (χ3n) is 4.25. The van der Waals surface area contributed by atoms with Crippen LogP contribution in [0.3, 0.4) is 0 Å². The second kappa shape index (κ2) is 8.13. The standard InChI is InChI=1S/C20H22Cl2N2O/c1-2-25-15-8-6-13(7-9-15)20-16(5-3-4-10-23)19-17(22)11-14(21)12-18(19)24-20/h6-9,11-12,24H,2-5,10,23H2,1H3. The van der Waals surface area contributed by atoms with Gasteiger partial charge in [-0.1, -0.05) is 23.2 Å². The first-order chi connectivity index (χ1) is 12.1. The van der Waals surface area contributed by atoms with Crippen molar-refractivity contribution < 1.29 is 4.74 Å². The minimum atomic E-state index is 0.630. The minimum absolute atomic E-state index is 0.630. The number of hydrogen-bond donors (Lipinski definition) is 2. The molecule has 5 heteroatoms. The number of aromatic amines is 1. The number of aryl methyl sites for hydroxylation is 1. The number of halogens is 2. The molecule has 0 atom stereocenters. The highest BCUT2D eigenvalue weighted by Gasteiger charge is 2.16. The molecule has 3 rings (SSSR count). The summed E-state index contributed by atoms with van der Waals surface area (Å²) in [5, 5.41) is 2.36. The molecule has 0 aliphatic carbocycles. The summed E-state index contributed by atoms with van der Waals surface area (Å²) in [6.07, 6.45) is 2.92. The molecular formula is C20H22Cl2N2O. The Labute approximate surface area is 158 Å². The van der Waals surface area contributed by atoms with Crippen LogP contribution in [-0.4, -0.2) is 18.1 Å². The first-order valence-electron chi connectivity index (χ1n) is 8.57. The molecule has 0 saturated carbocycles. The van der Waals surface area contributed by atoms with Crippen LogP contribution in [0.15, 0.2) is 36.4 Å². The van der Waals surface area contributed by atoms with Gasteiger partial charge in [0.25, 0.3) is 0 Å². The lowest BCUT2D eigenvalue weighted by molar-refractivity contribution is 0.340. The zero-order chi connectivity index (χ0) is 17.8. The quantitative estimate of drug-likeness (QED) is 0.510. The number of benzene rings is 2. The van der Waals surface area contributed by atoms with E-state index in [-0.39, 0.29) is 0 Å². The van der Waals surface area contributed by atoms with Gasteiger partial charge in [0.15, 0.2) is 0 Å². The number of nitrogens with one attached hydrogen (secondary N) is 1. The molecule has 0 unspecified atom stereocenters. The van der Waals surface area contributed by atoms with Crippen LogP contribution in [0.4, 0.5) is 0 Å². The zero-order valence-corrected chi connectivity index (χ0v) is 15.8. The first-order valence-corrected chi connectivity index (χ1v) is 9.32. The number of rotatable bonds is 7. The lowest BCUT2D eigenvalue weighted by Gasteiger charge is -2.08. The molecule has 0 fully saturated rings. The molecule has 0 radical (unpaired) electrons. The Balaban J connectivity index is 2.08. The molecule has 3 nitrogen and oxygen atoms in total. The highest BCUT2D eigenvalue weighted by molar-refractivity contribution is 6.39. The molecule has 2 aromatic carbocycles. The molecule has 132 valence electrons. The number of fused-ring (bicyclic) bond motifs is 1. The predicted molar refractivity (Wildman–Crippen MR) is 107 cm³/mol. The summed E-state index contributed by atoms with van der Waals surface area (Å²) in [5.41, 5.74) is 10.0. The maximum Gasteiger partial charge on any atom is 0.119 e. The van der Waals surface area contributed by atoms with E-state index < -0.39 is 0 Å². The fraction of sp³-hybridized carbons (Fsp3) is 0.300. The zero-order valence-electron chi connectivity index (χ0n) is 14.2. The second-order valence-electron chi connectivity index (χ2n) is 5.99. The Morgan fingerprint density at radius 2 is 1.84 bits per heavy atom. The first kappa shape index (κ1) is 18.1. The van der Waals surface area contributed by atoms with E-state index in [0.29, 0.717) is 23.2 Å². The van der Waals surface area contributed by atoms with Crippen LogP contribution in [0.25, 0.3) is 22.2 Å². The molecule has 3 N–H and O–H groups in total. The third-order valence-corrected chi connectivity index (χ3v) is 4.77. The van der Waals surface area contributed by atoms with Crippen molar-refractivity contribution in [3.63, 3.8) is 0 Å². The van der Waals surface area contributed by atoms with Crippen LogP contribution >= 0.6 is 23.2 Å². The molecule has 0 aliphatic heterocycles. The van der Waals surface area contributed by atoms with E-state index in [9.17, 15) is 0 Å². The molecule has 0 aliphatic rings. The lowest BCUT2D eigenvalue weighted by Crippen LogP contribution is -1.99. The van der Waals surface area contributed by atoms with E-state index in [1.54, 1.807) is 6.07 Å². The van der Waals surface area contributed by atoms with Crippen molar-refractivity contribution in [1.82, 2.24) is 4.98 Å². The van der Waals surface area contributed by atoms with E-state index in [4.69, 9.17) is 33.7 Å². The molecule has 1 heterocycles. The highest BCUT2D eigenvalue weighted by atomic mass is 35.5. The van der Waals surface area contributed by atoms with Crippen LogP contribution in [0.5, 0.6) is 5.75 Å². The van der Waals surface area contributed by atoms with E-state index in [1.165, 1.54) is 5.56 Å². The largest absolute Gasteiger partial charge is 0.494 e. The number of hydrogen-bond acceptors (Lipinski definition) is 2. The fourth-order valence-electron chi connectivity index (χ4n) is 3.14. The summed E-state index contributed by atoms with van der Waals surface area (Å²) in [7, 11) is 0. The Kier molecular flexibility index (Phi) is 5.89. The maximum atomic E-state index is 6.50. The SMILES string of the molecule is CCOc1ccc(-c2[nH]c3cc(Cl)cc(Cl)c3c2CCCCN)cc1. The molecule has 0 bridgehead atoms. The van der Waals surface area contributed by atoms with Crippen LogP contribution in [0.2, 0.25) is 10.0 Å². The van der Waals surface area contributed by atoms with E-state index >= 15 is 0 Å². The minimum Gasteiger partial charge on any atom is -0.494 e. The summed E-state index contributed by atoms with van der Waals surface area (Å²) in [5.74, 6) is 0.869. The summed E-state index contributed by atoms with van der Waals surface area (Å²) in [6.45, 7) is 3.33. The van der Waals surface area contributed by atoms with Crippen LogP contribution in [-0.2, 0) is 6.42 Å². The van der Waals surface area contributed by atoms with Gasteiger partial charge in [-0.05, 0) is 80.3 Å². The van der Waals surface area contributed by atoms with Gasteiger partial charge in [-0.15, -0.1) is 0 Å². The Morgan fingerprint density at radius 3 is 2.52 bits per heavy atom. The molecule has 0 spiro atoms. The lowest BCUT2D eigenvalue weighted by atomic mass is 10.00. The van der Waals surface area contributed by atoms with Gasteiger partial charge in [0.1, 0.15) is 5.75 Å². The monoisotopic (exact) mass is 376 g/mol. The van der Waals surface area contributed by atoms with Crippen molar-refractivity contribution in [1.29, 1.82) is 0 Å². The van der Waals surface area contributed by atoms with E-state index in [0.717, 1.165) is 47.2 Å². The average molecular weight is 377 g/mol. The summed E-state index contributed by atoms with van der Waals surface area (Å²) in [4.78, 5) is 3.50. The Hall–Kier alpha value is -1.68. The number of H-pyrrole nitrogens is 1. The number of nitrogens with two attached hydrogens (primary N) is 1. The molecule has 1 aromatic heterocycles. The van der Waals surface area contributed by atoms with Crippen molar-refractivity contribution in [3.05, 3.63) is 52.0 Å². The molecule has 0 saturated heterocycles. The summed E-state index contributed by atoms with van der Waals surface area (Å²) >= 11 is 12.7. The van der Waals surface area contributed by atoms with Gasteiger partial charge in [0.2, 0.25) is 0 Å². The number of aromatic nitrogens is 1. The third kappa shape index (κ3) is 3.95. The van der Waals surface area contributed by atoms with Crippen molar-refractivity contribution >= 4 is 34.1 Å². The van der Waals surface area contributed by atoms with Crippen molar-refractivity contribution in [2.45, 2.75) is 26.2 Å². The van der Waals surface area contributed by atoms with Gasteiger partial charge in [0, 0.05) is 21.6 Å². The average Bonchev–Trinajstić information content (AvgIpc) is 2.95. The number of ether oxygens (including phenoxy) is 1. The van der Waals surface area contributed by atoms with Crippen LogP contribution in [0.1, 0.15) is 25.3 Å². The van der Waals surface area contributed by atoms with Crippen molar-refractivity contribution in [2.24, 2.45) is 5.73 Å². The van der Waals surface area contributed by atoms with Crippen molar-refractivity contribution in [2.75, 3.05) is 13.2 Å². The Morgan fingerprint density at radius 1 is 1.08 bits per heavy atom. The highest BCUT2D eigenvalue weighted by Crippen LogP contribution is 2.37. The topological polar surface area (TPSA) is 51.0 Å². The van der Waals surface area contributed by atoms with Gasteiger partial charge >= 0.3 is 0 Å². The molecular weight excluding hydrogens is 355 g/mol. The van der Waals surface area contributed by atoms with Gasteiger partial charge < -0.3 is 15.5 Å². The maximum absolute atomic E-state index is 6.50. The number of unbranched alkanes of at least 4 members (excludes halogenated alkanes) is 1. The normalized spacial score (nSPS) is 11.2. The van der Waals surface area contributed by atoms with E-state index in [2.05, 4.69) is 17.1 Å².